The van der Waals surface area contributed by atoms with Crippen LogP contribution in [0.15, 0.2) is 47.5 Å². The summed E-state index contributed by atoms with van der Waals surface area (Å²) >= 11 is 6.37. The maximum absolute atomic E-state index is 12.3. The fourth-order valence-corrected chi connectivity index (χ4v) is 3.37. The van der Waals surface area contributed by atoms with Gasteiger partial charge in [0.25, 0.3) is 5.56 Å². The number of benzene rings is 1. The molecule has 0 amide bonds. The second-order valence-electron chi connectivity index (χ2n) is 6.94. The van der Waals surface area contributed by atoms with E-state index in [9.17, 15) is 10.1 Å². The number of hydrogen-bond donors (Lipinski definition) is 1. The maximum Gasteiger partial charge on any atom is 0.255 e. The van der Waals surface area contributed by atoms with E-state index in [-0.39, 0.29) is 22.9 Å². The van der Waals surface area contributed by atoms with Crippen LogP contribution in [0.2, 0.25) is 5.02 Å². The highest BCUT2D eigenvalue weighted by molar-refractivity contribution is 6.35. The van der Waals surface area contributed by atoms with Gasteiger partial charge in [-0.25, -0.2) is 14.6 Å². The number of nitrogens with two attached hydrogens (primary N) is 1. The molecular weight excluding hydrogens is 416 g/mol. The monoisotopic (exact) mass is 432 g/mol. The number of halogens is 1. The zero-order chi connectivity index (χ0) is 22.1. The van der Waals surface area contributed by atoms with Crippen LogP contribution in [0.3, 0.4) is 0 Å². The third kappa shape index (κ3) is 3.76. The summed E-state index contributed by atoms with van der Waals surface area (Å²) < 4.78 is 3.03. The molecule has 0 unspecified atom stereocenters. The van der Waals surface area contributed by atoms with Crippen molar-refractivity contribution in [2.24, 2.45) is 7.05 Å². The van der Waals surface area contributed by atoms with Crippen LogP contribution in [0.1, 0.15) is 16.7 Å². The molecule has 1 aromatic carbocycles. The number of nitriles is 1. The Kier molecular flexibility index (Phi) is 5.23. The van der Waals surface area contributed by atoms with Crippen LogP contribution >= 0.6 is 11.6 Å². The van der Waals surface area contributed by atoms with Gasteiger partial charge in [-0.15, -0.1) is 5.10 Å². The van der Waals surface area contributed by atoms with E-state index >= 15 is 0 Å². The number of pyridine rings is 1. The lowest BCUT2D eigenvalue weighted by atomic mass is 10.0. The standard InChI is InChI=1S/C21H17ClN8O/c1-12-13(9-23)5-3-7-15(12)20-25-18(17(22)19(24)26-20)16-11-30(28-27-16)10-14-6-4-8-29(2)21(14)31/h3-8,11H,10H2,1-2H3,(H2,24,25,26). The summed E-state index contributed by atoms with van der Waals surface area (Å²) in [4.78, 5) is 21.1. The van der Waals surface area contributed by atoms with Gasteiger partial charge in [-0.05, 0) is 24.6 Å². The lowest BCUT2D eigenvalue weighted by Crippen LogP contribution is -2.21. The molecule has 0 aliphatic heterocycles. The van der Waals surface area contributed by atoms with Gasteiger partial charge < -0.3 is 10.3 Å². The Balaban J connectivity index is 1.75. The van der Waals surface area contributed by atoms with E-state index < -0.39 is 0 Å². The number of aryl methyl sites for hydroxylation is 1. The summed E-state index contributed by atoms with van der Waals surface area (Å²) in [5.41, 5.74) is 9.13. The molecule has 0 fully saturated rings. The summed E-state index contributed by atoms with van der Waals surface area (Å²) in [6.07, 6.45) is 3.33. The highest BCUT2D eigenvalue weighted by atomic mass is 35.5. The second kappa shape index (κ2) is 8.01. The van der Waals surface area contributed by atoms with E-state index in [1.54, 1.807) is 43.7 Å². The molecule has 4 aromatic rings. The van der Waals surface area contributed by atoms with Gasteiger partial charge in [0, 0.05) is 24.4 Å². The molecule has 0 bridgehead atoms. The van der Waals surface area contributed by atoms with Crippen LogP contribution in [0.25, 0.3) is 22.8 Å². The SMILES string of the molecule is Cc1c(C#N)cccc1-c1nc(N)c(Cl)c(-c2cn(Cc3cccn(C)c3=O)nn2)n1. The van der Waals surface area contributed by atoms with Crippen molar-refractivity contribution in [3.05, 3.63) is 74.8 Å². The highest BCUT2D eigenvalue weighted by Crippen LogP contribution is 2.32. The molecule has 31 heavy (non-hydrogen) atoms. The smallest absolute Gasteiger partial charge is 0.255 e. The van der Waals surface area contributed by atoms with Gasteiger partial charge in [0.05, 0.1) is 24.4 Å². The predicted molar refractivity (Wildman–Crippen MR) is 116 cm³/mol. The lowest BCUT2D eigenvalue weighted by molar-refractivity contribution is 0.639. The van der Waals surface area contributed by atoms with Crippen molar-refractivity contribution in [2.45, 2.75) is 13.5 Å². The zero-order valence-electron chi connectivity index (χ0n) is 16.7. The molecule has 3 aromatic heterocycles. The van der Waals surface area contributed by atoms with Crippen molar-refractivity contribution >= 4 is 17.4 Å². The minimum Gasteiger partial charge on any atom is -0.382 e. The third-order valence-corrected chi connectivity index (χ3v) is 5.26. The molecule has 154 valence electrons. The average molecular weight is 433 g/mol. The molecular formula is C21H17ClN8O. The fraction of sp³-hybridized carbons (Fsp3) is 0.143. The van der Waals surface area contributed by atoms with Gasteiger partial charge in [-0.2, -0.15) is 5.26 Å². The minimum atomic E-state index is -0.112. The summed E-state index contributed by atoms with van der Waals surface area (Å²) in [6, 6.07) is 11.0. The van der Waals surface area contributed by atoms with Crippen molar-refractivity contribution in [3.8, 4) is 28.8 Å². The van der Waals surface area contributed by atoms with Gasteiger partial charge in [-0.3, -0.25) is 4.79 Å². The van der Waals surface area contributed by atoms with E-state index in [1.165, 1.54) is 9.25 Å². The Morgan fingerprint density at radius 1 is 1.23 bits per heavy atom. The Bertz CT molecular complexity index is 1400. The molecule has 0 saturated heterocycles. The summed E-state index contributed by atoms with van der Waals surface area (Å²) in [5, 5.41) is 17.7. The zero-order valence-corrected chi connectivity index (χ0v) is 17.5. The molecule has 0 atom stereocenters. The second-order valence-corrected chi connectivity index (χ2v) is 7.31. The van der Waals surface area contributed by atoms with E-state index in [4.69, 9.17) is 17.3 Å². The van der Waals surface area contributed by atoms with E-state index in [0.717, 1.165) is 5.56 Å². The Hall–Kier alpha value is -4.03. The third-order valence-electron chi connectivity index (χ3n) is 4.89. The topological polar surface area (TPSA) is 128 Å². The molecule has 3 heterocycles. The summed E-state index contributed by atoms with van der Waals surface area (Å²) in [7, 11) is 1.69. The van der Waals surface area contributed by atoms with Crippen molar-refractivity contribution < 1.29 is 0 Å². The Labute approximate surface area is 182 Å². The number of anilines is 1. The van der Waals surface area contributed by atoms with Gasteiger partial charge in [-0.1, -0.05) is 35.0 Å². The molecule has 0 radical (unpaired) electrons. The molecule has 0 aliphatic carbocycles. The van der Waals surface area contributed by atoms with Crippen LogP contribution in [0.5, 0.6) is 0 Å². The molecule has 10 heteroatoms. The molecule has 4 rings (SSSR count). The van der Waals surface area contributed by atoms with Gasteiger partial charge in [0.2, 0.25) is 0 Å². The van der Waals surface area contributed by atoms with Crippen LogP contribution in [0.4, 0.5) is 5.82 Å². The van der Waals surface area contributed by atoms with Crippen LogP contribution in [0, 0.1) is 18.3 Å². The largest absolute Gasteiger partial charge is 0.382 e. The number of rotatable bonds is 4. The minimum absolute atomic E-state index is 0.0925. The normalized spacial score (nSPS) is 10.8. The van der Waals surface area contributed by atoms with Crippen molar-refractivity contribution in [1.29, 1.82) is 5.26 Å². The predicted octanol–water partition coefficient (Wildman–Crippen LogP) is 2.56. The lowest BCUT2D eigenvalue weighted by Gasteiger charge is -2.09. The van der Waals surface area contributed by atoms with E-state index in [2.05, 4.69) is 26.3 Å². The van der Waals surface area contributed by atoms with Crippen molar-refractivity contribution in [3.63, 3.8) is 0 Å². The first kappa shape index (κ1) is 20.3. The Morgan fingerprint density at radius 2 is 2.03 bits per heavy atom. The van der Waals surface area contributed by atoms with E-state index in [0.29, 0.717) is 33.9 Å². The molecule has 9 nitrogen and oxygen atoms in total. The average Bonchev–Trinajstić information content (AvgIpc) is 3.22. The highest BCUT2D eigenvalue weighted by Gasteiger charge is 2.18. The number of aromatic nitrogens is 6. The Morgan fingerprint density at radius 3 is 2.81 bits per heavy atom. The molecule has 0 spiro atoms. The van der Waals surface area contributed by atoms with Crippen molar-refractivity contribution in [2.75, 3.05) is 5.73 Å². The molecule has 0 aliphatic rings. The number of hydrogen-bond acceptors (Lipinski definition) is 7. The first-order chi connectivity index (χ1) is 14.9. The summed E-state index contributed by atoms with van der Waals surface area (Å²) in [6.45, 7) is 2.06. The molecule has 0 saturated carbocycles. The first-order valence-corrected chi connectivity index (χ1v) is 9.65. The summed E-state index contributed by atoms with van der Waals surface area (Å²) in [5.74, 6) is 0.424. The fourth-order valence-electron chi connectivity index (χ4n) is 3.19. The maximum atomic E-state index is 12.3. The molecule has 2 N–H and O–H groups in total. The van der Waals surface area contributed by atoms with Gasteiger partial charge >= 0.3 is 0 Å². The number of nitrogens with zero attached hydrogens (tertiary/aromatic N) is 7. The van der Waals surface area contributed by atoms with Gasteiger partial charge in [0.15, 0.2) is 5.82 Å². The van der Waals surface area contributed by atoms with Gasteiger partial charge in [0.1, 0.15) is 22.2 Å². The van der Waals surface area contributed by atoms with E-state index in [1.807, 2.05) is 13.0 Å². The van der Waals surface area contributed by atoms with Crippen LogP contribution < -0.4 is 11.3 Å². The van der Waals surface area contributed by atoms with Crippen molar-refractivity contribution in [1.82, 2.24) is 29.5 Å². The first-order valence-electron chi connectivity index (χ1n) is 9.27. The van der Waals surface area contributed by atoms with Crippen LogP contribution in [-0.4, -0.2) is 29.5 Å². The number of nitrogen functional groups attached to an aromatic ring is 1. The quantitative estimate of drug-likeness (QED) is 0.524. The van der Waals surface area contributed by atoms with Crippen LogP contribution in [-0.2, 0) is 13.6 Å².